The van der Waals surface area contributed by atoms with Crippen molar-refractivity contribution in [1.82, 2.24) is 5.32 Å². The minimum Gasteiger partial charge on any atom is -0.504 e. The first-order valence-electron chi connectivity index (χ1n) is 7.35. The van der Waals surface area contributed by atoms with Crippen molar-refractivity contribution in [3.05, 3.63) is 23.8 Å². The van der Waals surface area contributed by atoms with Crippen molar-refractivity contribution in [2.45, 2.75) is 39.7 Å². The molecule has 0 amide bonds. The predicted octanol–water partition coefficient (Wildman–Crippen LogP) is 3.32. The number of ether oxygens (including phenoxy) is 1. The van der Waals surface area contributed by atoms with Crippen LogP contribution in [-0.4, -0.2) is 18.3 Å². The Morgan fingerprint density at radius 2 is 2.21 bits per heavy atom. The van der Waals surface area contributed by atoms with Crippen molar-refractivity contribution in [2.75, 3.05) is 13.2 Å². The lowest BCUT2D eigenvalue weighted by Crippen LogP contribution is -2.21. The Balaban J connectivity index is 1.84. The van der Waals surface area contributed by atoms with Gasteiger partial charge in [-0.05, 0) is 44.2 Å². The highest BCUT2D eigenvalue weighted by Gasteiger charge is 2.20. The molecule has 2 N–H and O–H groups in total. The molecule has 1 fully saturated rings. The van der Waals surface area contributed by atoms with E-state index in [1.807, 2.05) is 19.1 Å². The Hall–Kier alpha value is -1.22. The molecule has 0 spiro atoms. The van der Waals surface area contributed by atoms with E-state index >= 15 is 0 Å². The Morgan fingerprint density at radius 3 is 2.89 bits per heavy atom. The van der Waals surface area contributed by atoms with Crippen molar-refractivity contribution >= 4 is 0 Å². The van der Waals surface area contributed by atoms with Crippen molar-refractivity contribution in [3.63, 3.8) is 0 Å². The summed E-state index contributed by atoms with van der Waals surface area (Å²) in [6.45, 7) is 6.58. The zero-order valence-electron chi connectivity index (χ0n) is 12.0. The van der Waals surface area contributed by atoms with E-state index in [2.05, 4.69) is 12.2 Å². The van der Waals surface area contributed by atoms with Crippen molar-refractivity contribution < 1.29 is 9.84 Å². The van der Waals surface area contributed by atoms with Crippen molar-refractivity contribution in [2.24, 2.45) is 11.8 Å². The zero-order valence-corrected chi connectivity index (χ0v) is 12.0. The van der Waals surface area contributed by atoms with E-state index in [0.29, 0.717) is 18.9 Å². The summed E-state index contributed by atoms with van der Waals surface area (Å²) in [5.74, 6) is 2.53. The maximum atomic E-state index is 10.1. The van der Waals surface area contributed by atoms with Crippen LogP contribution in [-0.2, 0) is 6.54 Å². The van der Waals surface area contributed by atoms with Crippen LogP contribution in [0.5, 0.6) is 11.5 Å². The second kappa shape index (κ2) is 6.80. The third-order valence-corrected chi connectivity index (χ3v) is 3.93. The van der Waals surface area contributed by atoms with E-state index in [-0.39, 0.29) is 5.75 Å². The average Bonchev–Trinajstić information content (AvgIpc) is 2.80. The predicted molar refractivity (Wildman–Crippen MR) is 77.5 cm³/mol. The highest BCUT2D eigenvalue weighted by molar-refractivity contribution is 5.45. The fraction of sp³-hybridized carbons (Fsp3) is 0.625. The van der Waals surface area contributed by atoms with Crippen LogP contribution in [0, 0.1) is 11.8 Å². The van der Waals surface area contributed by atoms with Gasteiger partial charge in [0.05, 0.1) is 6.61 Å². The summed E-state index contributed by atoms with van der Waals surface area (Å²) in [4.78, 5) is 0. The van der Waals surface area contributed by atoms with Crippen LogP contribution in [0.15, 0.2) is 18.2 Å². The lowest BCUT2D eigenvalue weighted by atomic mass is 10.1. The van der Waals surface area contributed by atoms with Crippen LogP contribution in [0.4, 0.5) is 0 Å². The van der Waals surface area contributed by atoms with Crippen LogP contribution >= 0.6 is 0 Å². The number of benzene rings is 1. The minimum absolute atomic E-state index is 0.275. The molecule has 2 atom stereocenters. The highest BCUT2D eigenvalue weighted by atomic mass is 16.5. The van der Waals surface area contributed by atoms with E-state index in [4.69, 9.17) is 4.74 Å². The van der Waals surface area contributed by atoms with Crippen LogP contribution in [0.3, 0.4) is 0 Å². The maximum Gasteiger partial charge on any atom is 0.162 e. The molecule has 2 unspecified atom stereocenters. The number of hydrogen-bond donors (Lipinski definition) is 2. The maximum absolute atomic E-state index is 10.1. The van der Waals surface area contributed by atoms with Gasteiger partial charge >= 0.3 is 0 Å². The molecule has 1 aliphatic carbocycles. The van der Waals surface area contributed by atoms with Gasteiger partial charge in [0.25, 0.3) is 0 Å². The molecule has 0 heterocycles. The second-order valence-electron chi connectivity index (χ2n) is 5.61. The summed E-state index contributed by atoms with van der Waals surface area (Å²) < 4.78 is 5.39. The summed E-state index contributed by atoms with van der Waals surface area (Å²) in [5, 5.41) is 13.5. The number of para-hydroxylation sites is 1. The van der Waals surface area contributed by atoms with Gasteiger partial charge in [-0.25, -0.2) is 0 Å². The first kappa shape index (κ1) is 14.2. The van der Waals surface area contributed by atoms with E-state index in [1.165, 1.54) is 19.3 Å². The second-order valence-corrected chi connectivity index (χ2v) is 5.61. The van der Waals surface area contributed by atoms with E-state index in [9.17, 15) is 5.11 Å². The lowest BCUT2D eigenvalue weighted by molar-refractivity contribution is 0.316. The first-order chi connectivity index (χ1) is 9.20. The third kappa shape index (κ3) is 3.87. The van der Waals surface area contributed by atoms with Crippen molar-refractivity contribution in [1.29, 1.82) is 0 Å². The quantitative estimate of drug-likeness (QED) is 0.827. The molecule has 1 saturated carbocycles. The van der Waals surface area contributed by atoms with E-state index in [0.717, 1.165) is 23.9 Å². The Morgan fingerprint density at radius 1 is 1.37 bits per heavy atom. The molecule has 1 aromatic rings. The molecule has 1 aliphatic rings. The number of phenols is 1. The topological polar surface area (TPSA) is 41.5 Å². The molecule has 19 heavy (non-hydrogen) atoms. The summed E-state index contributed by atoms with van der Waals surface area (Å²) in [6, 6.07) is 5.68. The SMILES string of the molecule is CCOc1cccc(CNCC2CCC(C)C2)c1O. The largest absolute Gasteiger partial charge is 0.504 e. The molecule has 0 aromatic heterocycles. The van der Waals surface area contributed by atoms with Gasteiger partial charge in [0.1, 0.15) is 0 Å². The van der Waals surface area contributed by atoms with Crippen LogP contribution in [0.1, 0.15) is 38.7 Å². The standard InChI is InChI=1S/C16H25NO2/c1-3-19-15-6-4-5-14(16(15)18)11-17-10-13-8-7-12(2)9-13/h4-6,12-13,17-18H,3,7-11H2,1-2H3. The number of phenolic OH excluding ortho intramolecular Hbond substituents is 1. The first-order valence-corrected chi connectivity index (χ1v) is 7.35. The minimum atomic E-state index is 0.275. The molecule has 106 valence electrons. The van der Waals surface area contributed by atoms with Gasteiger partial charge in [-0.15, -0.1) is 0 Å². The molecule has 2 rings (SSSR count). The van der Waals surface area contributed by atoms with Gasteiger partial charge in [0.15, 0.2) is 11.5 Å². The molecule has 3 heteroatoms. The lowest BCUT2D eigenvalue weighted by Gasteiger charge is -2.13. The molecule has 0 bridgehead atoms. The van der Waals surface area contributed by atoms with Gasteiger partial charge in [-0.3, -0.25) is 0 Å². The average molecular weight is 263 g/mol. The van der Waals surface area contributed by atoms with Crippen LogP contribution in [0.2, 0.25) is 0 Å². The molecule has 0 radical (unpaired) electrons. The Kier molecular flexibility index (Phi) is 5.08. The summed E-state index contributed by atoms with van der Waals surface area (Å²) in [6.07, 6.45) is 4.02. The van der Waals surface area contributed by atoms with E-state index < -0.39 is 0 Å². The summed E-state index contributed by atoms with van der Waals surface area (Å²) >= 11 is 0. The van der Waals surface area contributed by atoms with Crippen LogP contribution < -0.4 is 10.1 Å². The zero-order chi connectivity index (χ0) is 13.7. The molecule has 0 aliphatic heterocycles. The smallest absolute Gasteiger partial charge is 0.162 e. The van der Waals surface area contributed by atoms with Gasteiger partial charge in [0.2, 0.25) is 0 Å². The number of rotatable bonds is 6. The number of nitrogens with one attached hydrogen (secondary N) is 1. The van der Waals surface area contributed by atoms with Gasteiger partial charge < -0.3 is 15.2 Å². The van der Waals surface area contributed by atoms with Gasteiger partial charge in [0, 0.05) is 12.1 Å². The van der Waals surface area contributed by atoms with Crippen molar-refractivity contribution in [3.8, 4) is 11.5 Å². The Bertz CT molecular complexity index is 406. The summed E-state index contributed by atoms with van der Waals surface area (Å²) in [7, 11) is 0. The number of aromatic hydroxyl groups is 1. The fourth-order valence-corrected chi connectivity index (χ4v) is 2.90. The molecule has 1 aromatic carbocycles. The highest BCUT2D eigenvalue weighted by Crippen LogP contribution is 2.31. The Labute approximate surface area is 116 Å². The van der Waals surface area contributed by atoms with Crippen LogP contribution in [0.25, 0.3) is 0 Å². The molecular formula is C16H25NO2. The third-order valence-electron chi connectivity index (χ3n) is 3.93. The normalized spacial score (nSPS) is 22.6. The van der Waals surface area contributed by atoms with Gasteiger partial charge in [-0.2, -0.15) is 0 Å². The number of hydrogen-bond acceptors (Lipinski definition) is 3. The molecule has 3 nitrogen and oxygen atoms in total. The molecule has 0 saturated heterocycles. The monoisotopic (exact) mass is 263 g/mol. The van der Waals surface area contributed by atoms with E-state index in [1.54, 1.807) is 6.07 Å². The molecular weight excluding hydrogens is 238 g/mol. The fourth-order valence-electron chi connectivity index (χ4n) is 2.90. The summed E-state index contributed by atoms with van der Waals surface area (Å²) in [5.41, 5.74) is 0.914. The van der Waals surface area contributed by atoms with Gasteiger partial charge in [-0.1, -0.05) is 25.5 Å².